The smallest absolute Gasteiger partial charge is 0.258 e. The number of amides is 1. The van der Waals surface area contributed by atoms with Crippen molar-refractivity contribution in [3.63, 3.8) is 0 Å². The van der Waals surface area contributed by atoms with Crippen molar-refractivity contribution in [2.24, 2.45) is 0 Å². The normalized spacial score (nSPS) is 16.9. The predicted molar refractivity (Wildman–Crippen MR) is 139 cm³/mol. The largest absolute Gasteiger partial charge is 0.379 e. The second-order valence-corrected chi connectivity index (χ2v) is 11.2. The maximum absolute atomic E-state index is 13.1. The molecule has 1 fully saturated rings. The highest BCUT2D eigenvalue weighted by molar-refractivity contribution is 7.89. The zero-order valence-electron chi connectivity index (χ0n) is 20.5. The summed E-state index contributed by atoms with van der Waals surface area (Å²) < 4.78 is 32.4. The maximum Gasteiger partial charge on any atom is 0.258 e. The molecule has 0 spiro atoms. The highest BCUT2D eigenvalue weighted by Crippen LogP contribution is 2.23. The molecule has 0 atom stereocenters. The molecule has 1 saturated heterocycles. The van der Waals surface area contributed by atoms with Crippen LogP contribution in [0.4, 0.5) is 5.69 Å². The summed E-state index contributed by atoms with van der Waals surface area (Å²) >= 11 is 0. The zero-order chi connectivity index (χ0) is 25.1. The van der Waals surface area contributed by atoms with Crippen LogP contribution in [0.15, 0.2) is 77.7 Å². The molecule has 0 bridgehead atoms. The molecule has 0 aromatic heterocycles. The van der Waals surface area contributed by atoms with Crippen LogP contribution < -0.4 is 4.90 Å². The summed E-state index contributed by atoms with van der Waals surface area (Å²) in [7, 11) is -1.86. The van der Waals surface area contributed by atoms with E-state index in [9.17, 15) is 13.2 Å². The van der Waals surface area contributed by atoms with Gasteiger partial charge in [0.15, 0.2) is 0 Å². The number of nitrogens with zero attached hydrogens (tertiary/aromatic N) is 3. The fraction of sp³-hybridized carbons (Fsp3) is 0.321. The lowest BCUT2D eigenvalue weighted by molar-refractivity contribution is 0.0730. The average Bonchev–Trinajstić information content (AvgIpc) is 2.93. The standard InChI is InChI=1S/C28H31N3O4S/c1-29(26-10-12-27(13-11-26)36(33,34)31-16-18-35-19-17-31)28(32)24-8-6-22(7-9-24)20-30-15-14-23-4-2-3-5-25(23)21-30/h2-13H,14-21H2,1H3. The number of hydrogen-bond acceptors (Lipinski definition) is 5. The van der Waals surface area contributed by atoms with E-state index in [1.54, 1.807) is 36.2 Å². The van der Waals surface area contributed by atoms with Gasteiger partial charge in [0.1, 0.15) is 0 Å². The van der Waals surface area contributed by atoms with Crippen LogP contribution in [-0.4, -0.2) is 63.4 Å². The number of hydrogen-bond donors (Lipinski definition) is 0. The number of morpholine rings is 1. The summed E-state index contributed by atoms with van der Waals surface area (Å²) in [5.74, 6) is -0.141. The predicted octanol–water partition coefficient (Wildman–Crippen LogP) is 3.54. The minimum atomic E-state index is -3.56. The number of fused-ring (bicyclic) bond motifs is 1. The molecule has 2 heterocycles. The van der Waals surface area contributed by atoms with Crippen LogP contribution in [0.3, 0.4) is 0 Å². The van der Waals surface area contributed by atoms with Crippen molar-refractivity contribution in [1.82, 2.24) is 9.21 Å². The van der Waals surface area contributed by atoms with Gasteiger partial charge in [-0.3, -0.25) is 9.69 Å². The van der Waals surface area contributed by atoms with Gasteiger partial charge in [-0.25, -0.2) is 8.42 Å². The lowest BCUT2D eigenvalue weighted by atomic mass is 9.99. The van der Waals surface area contributed by atoms with E-state index in [0.717, 1.165) is 26.1 Å². The number of sulfonamides is 1. The first kappa shape index (κ1) is 24.6. The lowest BCUT2D eigenvalue weighted by Crippen LogP contribution is -2.40. The fourth-order valence-corrected chi connectivity index (χ4v) is 6.20. The Bertz CT molecular complexity index is 1320. The number of carbonyl (C=O) groups is 1. The van der Waals surface area contributed by atoms with E-state index < -0.39 is 10.0 Å². The SMILES string of the molecule is CN(C(=O)c1ccc(CN2CCc3ccccc3C2)cc1)c1ccc(S(=O)(=O)N2CCOCC2)cc1. The van der Waals surface area contributed by atoms with E-state index in [1.165, 1.54) is 21.0 Å². The minimum Gasteiger partial charge on any atom is -0.379 e. The molecule has 1 amide bonds. The molecule has 0 radical (unpaired) electrons. The van der Waals surface area contributed by atoms with Crippen LogP contribution in [0.5, 0.6) is 0 Å². The average molecular weight is 506 g/mol. The summed E-state index contributed by atoms with van der Waals surface area (Å²) in [4.78, 5) is 17.3. The molecular weight excluding hydrogens is 474 g/mol. The monoisotopic (exact) mass is 505 g/mol. The number of benzene rings is 3. The minimum absolute atomic E-state index is 0.141. The molecule has 0 aliphatic carbocycles. The van der Waals surface area contributed by atoms with Gasteiger partial charge in [0.05, 0.1) is 18.1 Å². The van der Waals surface area contributed by atoms with Gasteiger partial charge in [-0.1, -0.05) is 36.4 Å². The second-order valence-electron chi connectivity index (χ2n) is 9.30. The molecule has 0 unspecified atom stereocenters. The van der Waals surface area contributed by atoms with Gasteiger partial charge in [0.2, 0.25) is 10.0 Å². The van der Waals surface area contributed by atoms with Gasteiger partial charge in [-0.2, -0.15) is 4.31 Å². The molecular formula is C28H31N3O4S. The van der Waals surface area contributed by atoms with Crippen molar-refractivity contribution in [1.29, 1.82) is 0 Å². The number of anilines is 1. The molecule has 2 aliphatic heterocycles. The third kappa shape index (κ3) is 5.22. The van der Waals surface area contributed by atoms with Crippen LogP contribution in [0.25, 0.3) is 0 Å². The van der Waals surface area contributed by atoms with Crippen LogP contribution in [0.2, 0.25) is 0 Å². The van der Waals surface area contributed by atoms with Crippen LogP contribution >= 0.6 is 0 Å². The second kappa shape index (κ2) is 10.5. The van der Waals surface area contributed by atoms with E-state index in [2.05, 4.69) is 29.2 Å². The quantitative estimate of drug-likeness (QED) is 0.513. The van der Waals surface area contributed by atoms with E-state index in [-0.39, 0.29) is 10.8 Å². The molecule has 3 aromatic carbocycles. The summed E-state index contributed by atoms with van der Waals surface area (Å²) in [5, 5.41) is 0. The van der Waals surface area contributed by atoms with Crippen molar-refractivity contribution < 1.29 is 17.9 Å². The molecule has 5 rings (SSSR count). The van der Waals surface area contributed by atoms with Gasteiger partial charge in [-0.05, 0) is 59.5 Å². The third-order valence-electron chi connectivity index (χ3n) is 6.95. The highest BCUT2D eigenvalue weighted by atomic mass is 32.2. The van der Waals surface area contributed by atoms with Gasteiger partial charge >= 0.3 is 0 Å². The summed E-state index contributed by atoms with van der Waals surface area (Å²) in [5.41, 5.74) is 5.23. The third-order valence-corrected chi connectivity index (χ3v) is 8.87. The first-order chi connectivity index (χ1) is 17.4. The van der Waals surface area contributed by atoms with E-state index in [1.807, 2.05) is 24.3 Å². The molecule has 2 aliphatic rings. The van der Waals surface area contributed by atoms with Crippen molar-refractivity contribution in [2.75, 3.05) is 44.8 Å². The molecule has 0 N–H and O–H groups in total. The molecule has 0 saturated carbocycles. The van der Waals surface area contributed by atoms with E-state index in [4.69, 9.17) is 4.74 Å². The van der Waals surface area contributed by atoms with E-state index >= 15 is 0 Å². The lowest BCUT2D eigenvalue weighted by Gasteiger charge is -2.28. The molecule has 7 nitrogen and oxygen atoms in total. The number of rotatable bonds is 6. The van der Waals surface area contributed by atoms with Crippen LogP contribution in [-0.2, 0) is 34.3 Å². The maximum atomic E-state index is 13.1. The summed E-state index contributed by atoms with van der Waals surface area (Å²) in [6.07, 6.45) is 1.06. The molecule has 3 aromatic rings. The van der Waals surface area contributed by atoms with Crippen molar-refractivity contribution in [3.8, 4) is 0 Å². The first-order valence-electron chi connectivity index (χ1n) is 12.3. The fourth-order valence-electron chi connectivity index (χ4n) is 4.79. The van der Waals surface area contributed by atoms with Gasteiger partial charge in [0.25, 0.3) is 5.91 Å². The van der Waals surface area contributed by atoms with Crippen LogP contribution in [0, 0.1) is 0 Å². The number of ether oxygens (including phenoxy) is 1. The summed E-state index contributed by atoms with van der Waals surface area (Å²) in [6.45, 7) is 4.32. The Labute approximate surface area is 212 Å². The van der Waals surface area contributed by atoms with E-state index in [0.29, 0.717) is 37.6 Å². The van der Waals surface area contributed by atoms with Gasteiger partial charge < -0.3 is 9.64 Å². The van der Waals surface area contributed by atoms with Gasteiger partial charge in [0, 0.05) is 51.0 Å². The van der Waals surface area contributed by atoms with Gasteiger partial charge in [-0.15, -0.1) is 0 Å². The Morgan fingerprint density at radius 1 is 0.889 bits per heavy atom. The van der Waals surface area contributed by atoms with Crippen molar-refractivity contribution in [3.05, 3.63) is 95.1 Å². The topological polar surface area (TPSA) is 70.2 Å². The summed E-state index contributed by atoms with van der Waals surface area (Å²) in [6, 6.07) is 22.8. The van der Waals surface area contributed by atoms with Crippen molar-refractivity contribution >= 4 is 21.6 Å². The highest BCUT2D eigenvalue weighted by Gasteiger charge is 2.26. The Morgan fingerprint density at radius 3 is 2.25 bits per heavy atom. The number of carbonyl (C=O) groups excluding carboxylic acids is 1. The zero-order valence-corrected chi connectivity index (χ0v) is 21.3. The molecule has 8 heteroatoms. The Morgan fingerprint density at radius 2 is 1.56 bits per heavy atom. The molecule has 36 heavy (non-hydrogen) atoms. The first-order valence-corrected chi connectivity index (χ1v) is 13.7. The Balaban J connectivity index is 1.22. The molecule has 188 valence electrons. The Hall–Kier alpha value is -3.04. The van der Waals surface area contributed by atoms with Crippen molar-refractivity contribution in [2.45, 2.75) is 24.4 Å². The van der Waals surface area contributed by atoms with Crippen LogP contribution in [0.1, 0.15) is 27.0 Å². The Kier molecular flexibility index (Phi) is 7.20.